The van der Waals surface area contributed by atoms with Gasteiger partial charge < -0.3 is 4.74 Å². The third kappa shape index (κ3) is 3.62. The standard InChI is InChI=1S/C23H32OP2/c1-12(2)18-10-14(5)11-19(13(3)4)21(18)20-15(6)16(7)22(24-9)17(8)23(20)26-25/h10-13,25H,1-9H3/p+1. The third-order valence-electron chi connectivity index (χ3n) is 5.38. The highest BCUT2D eigenvalue weighted by Gasteiger charge is 2.25. The number of aryl methyl sites for hydroxylation is 1. The van der Waals surface area contributed by atoms with Crippen molar-refractivity contribution >= 4 is 21.7 Å². The van der Waals surface area contributed by atoms with Crippen molar-refractivity contribution in [1.82, 2.24) is 0 Å². The number of hydrogen-bond donors (Lipinski definition) is 0. The molecule has 0 saturated carbocycles. The van der Waals surface area contributed by atoms with Crippen LogP contribution in [0.25, 0.3) is 11.1 Å². The van der Waals surface area contributed by atoms with E-state index in [9.17, 15) is 0 Å². The highest BCUT2D eigenvalue weighted by molar-refractivity contribution is 7.79. The molecule has 0 fully saturated rings. The summed E-state index contributed by atoms with van der Waals surface area (Å²) in [4.78, 5) is 0. The molecule has 0 heterocycles. The van der Waals surface area contributed by atoms with Crippen molar-refractivity contribution in [3.05, 3.63) is 45.5 Å². The molecule has 0 aromatic heterocycles. The van der Waals surface area contributed by atoms with Gasteiger partial charge in [0.1, 0.15) is 5.75 Å². The molecule has 2 rings (SSSR count). The van der Waals surface area contributed by atoms with Crippen LogP contribution in [0.2, 0.25) is 0 Å². The predicted octanol–water partition coefficient (Wildman–Crippen LogP) is 7.20. The lowest BCUT2D eigenvalue weighted by Gasteiger charge is -2.26. The second-order valence-corrected chi connectivity index (χ2v) is 9.37. The van der Waals surface area contributed by atoms with Crippen LogP contribution in [0, 0.1) is 27.7 Å². The van der Waals surface area contributed by atoms with E-state index in [2.05, 4.69) is 76.0 Å². The van der Waals surface area contributed by atoms with E-state index < -0.39 is 0 Å². The van der Waals surface area contributed by atoms with E-state index in [0.717, 1.165) is 5.75 Å². The molecule has 140 valence electrons. The molecule has 0 bridgehead atoms. The van der Waals surface area contributed by atoms with Crippen LogP contribution in [0.3, 0.4) is 0 Å². The largest absolute Gasteiger partial charge is 0.496 e. The first-order chi connectivity index (χ1) is 12.1. The smallest absolute Gasteiger partial charge is 0.152 e. The summed E-state index contributed by atoms with van der Waals surface area (Å²) in [5.41, 5.74) is 11.0. The molecule has 1 atom stereocenters. The molecule has 2 aromatic carbocycles. The minimum absolute atomic E-state index is 0.485. The Labute approximate surface area is 163 Å². The molecular weight excluding hydrogens is 354 g/mol. The second-order valence-electron chi connectivity index (χ2n) is 7.89. The summed E-state index contributed by atoms with van der Waals surface area (Å²) in [6.45, 7) is 18.1. The van der Waals surface area contributed by atoms with Crippen LogP contribution in [0.1, 0.15) is 72.9 Å². The Morgan fingerprint density at radius 2 is 1.31 bits per heavy atom. The Balaban J connectivity index is 3.08. The van der Waals surface area contributed by atoms with E-state index in [-0.39, 0.29) is 0 Å². The molecule has 0 saturated heterocycles. The Kier molecular flexibility index (Phi) is 6.70. The van der Waals surface area contributed by atoms with E-state index in [1.807, 2.05) is 0 Å². The molecule has 2 aromatic rings. The Morgan fingerprint density at radius 3 is 1.69 bits per heavy atom. The van der Waals surface area contributed by atoms with Crippen molar-refractivity contribution in [3.8, 4) is 16.9 Å². The van der Waals surface area contributed by atoms with Crippen LogP contribution >= 0.6 is 16.4 Å². The number of rotatable bonds is 5. The van der Waals surface area contributed by atoms with Gasteiger partial charge in [0.05, 0.1) is 20.9 Å². The quantitative estimate of drug-likeness (QED) is 0.493. The summed E-state index contributed by atoms with van der Waals surface area (Å²) in [6.07, 6.45) is 0. The van der Waals surface area contributed by atoms with Crippen LogP contribution in [0.15, 0.2) is 12.1 Å². The number of methoxy groups -OCH3 is 1. The van der Waals surface area contributed by atoms with Crippen molar-refractivity contribution < 1.29 is 4.74 Å². The molecule has 26 heavy (non-hydrogen) atoms. The lowest BCUT2D eigenvalue weighted by atomic mass is 9.81. The Hall–Kier alpha value is -1.16. The maximum atomic E-state index is 5.75. The van der Waals surface area contributed by atoms with Gasteiger partial charge in [0.25, 0.3) is 0 Å². The van der Waals surface area contributed by atoms with Crippen LogP contribution in [0.4, 0.5) is 0 Å². The molecule has 0 N–H and O–H groups in total. The van der Waals surface area contributed by atoms with Gasteiger partial charge in [0, 0.05) is 11.1 Å². The monoisotopic (exact) mass is 387 g/mol. The molecule has 0 aliphatic carbocycles. The van der Waals surface area contributed by atoms with Gasteiger partial charge in [-0.15, -0.1) is 0 Å². The normalized spacial score (nSPS) is 11.7. The minimum Gasteiger partial charge on any atom is -0.496 e. The van der Waals surface area contributed by atoms with Gasteiger partial charge in [-0.05, 0) is 67.3 Å². The van der Waals surface area contributed by atoms with Gasteiger partial charge in [0.2, 0.25) is 0 Å². The van der Waals surface area contributed by atoms with Crippen LogP contribution in [0.5, 0.6) is 5.75 Å². The minimum atomic E-state index is 0.485. The van der Waals surface area contributed by atoms with E-state index in [1.165, 1.54) is 57.7 Å². The van der Waals surface area contributed by atoms with Crippen LogP contribution in [-0.2, 0) is 0 Å². The zero-order valence-electron chi connectivity index (χ0n) is 17.7. The molecular formula is C23H33OP2+. The highest BCUT2D eigenvalue weighted by Crippen LogP contribution is 2.42. The Morgan fingerprint density at radius 1 is 0.808 bits per heavy atom. The molecule has 0 aliphatic heterocycles. The number of ether oxygens (including phenoxy) is 1. The maximum absolute atomic E-state index is 5.75. The van der Waals surface area contributed by atoms with Crippen molar-refractivity contribution in [1.29, 1.82) is 0 Å². The molecule has 1 unspecified atom stereocenters. The predicted molar refractivity (Wildman–Crippen MR) is 122 cm³/mol. The van der Waals surface area contributed by atoms with Gasteiger partial charge in [0.15, 0.2) is 7.87 Å². The van der Waals surface area contributed by atoms with Gasteiger partial charge in [-0.25, -0.2) is 0 Å². The van der Waals surface area contributed by atoms with Crippen molar-refractivity contribution in [2.75, 3.05) is 7.11 Å². The van der Waals surface area contributed by atoms with Crippen LogP contribution in [-0.4, -0.2) is 7.11 Å². The molecule has 0 aliphatic rings. The van der Waals surface area contributed by atoms with E-state index in [4.69, 9.17) is 4.74 Å². The summed E-state index contributed by atoms with van der Waals surface area (Å²) < 4.78 is 5.75. The molecule has 0 spiro atoms. The van der Waals surface area contributed by atoms with Gasteiger partial charge >= 0.3 is 0 Å². The SMILES string of the molecule is COc1c(C)c(C)c(-c2c(C(C)C)cc(C)cc2C(C)C)c(P=[PH2+])c1C. The van der Waals surface area contributed by atoms with E-state index in [1.54, 1.807) is 7.11 Å². The third-order valence-corrected chi connectivity index (χ3v) is 6.97. The Bertz CT molecular complexity index is 819. The fourth-order valence-corrected chi connectivity index (χ4v) is 5.60. The van der Waals surface area contributed by atoms with Crippen molar-refractivity contribution in [2.24, 2.45) is 0 Å². The molecule has 0 radical (unpaired) electrons. The van der Waals surface area contributed by atoms with Crippen LogP contribution < -0.4 is 10.0 Å². The van der Waals surface area contributed by atoms with Gasteiger partial charge in [-0.1, -0.05) is 45.4 Å². The van der Waals surface area contributed by atoms with Crippen molar-refractivity contribution in [3.63, 3.8) is 0 Å². The fraction of sp³-hybridized carbons (Fsp3) is 0.478. The van der Waals surface area contributed by atoms with Gasteiger partial charge in [-0.2, -0.15) is 0 Å². The first kappa shape index (κ1) is 21.1. The number of hydrogen-bond acceptors (Lipinski definition) is 1. The summed E-state index contributed by atoms with van der Waals surface area (Å²) in [5.74, 6) is 2.00. The first-order valence-corrected chi connectivity index (χ1v) is 11.9. The lowest BCUT2D eigenvalue weighted by molar-refractivity contribution is 0.409. The second kappa shape index (κ2) is 8.24. The summed E-state index contributed by atoms with van der Waals surface area (Å²) in [7, 11) is 5.89. The summed E-state index contributed by atoms with van der Waals surface area (Å²) in [5, 5.41) is 1.36. The highest BCUT2D eigenvalue weighted by atomic mass is 31.7. The van der Waals surface area contributed by atoms with E-state index in [0.29, 0.717) is 11.8 Å². The maximum Gasteiger partial charge on any atom is 0.152 e. The van der Waals surface area contributed by atoms with E-state index >= 15 is 0 Å². The van der Waals surface area contributed by atoms with Gasteiger partial charge in [-0.3, -0.25) is 0 Å². The average Bonchev–Trinajstić information content (AvgIpc) is 2.57. The van der Waals surface area contributed by atoms with Crippen molar-refractivity contribution in [2.45, 2.75) is 67.2 Å². The summed E-state index contributed by atoms with van der Waals surface area (Å²) >= 11 is 0. The lowest BCUT2D eigenvalue weighted by Crippen LogP contribution is -2.13. The zero-order chi connectivity index (χ0) is 19.8. The summed E-state index contributed by atoms with van der Waals surface area (Å²) in [6, 6.07) is 4.76. The number of benzene rings is 2. The zero-order valence-corrected chi connectivity index (χ0v) is 19.8. The fourth-order valence-electron chi connectivity index (χ4n) is 3.93. The average molecular weight is 387 g/mol. The first-order valence-electron chi connectivity index (χ1n) is 9.39. The molecule has 1 nitrogen and oxygen atoms in total. The molecule has 3 heteroatoms. The molecule has 0 amide bonds. The topological polar surface area (TPSA) is 9.23 Å².